The Balaban J connectivity index is 1.62. The lowest BCUT2D eigenvalue weighted by atomic mass is 10.1. The minimum atomic E-state index is -0.770. The molecule has 32 heavy (non-hydrogen) atoms. The van der Waals surface area contributed by atoms with Gasteiger partial charge in [0.25, 0.3) is 5.82 Å². The van der Waals surface area contributed by atoms with Crippen molar-refractivity contribution < 1.29 is 14.3 Å². The number of halogens is 1. The molecule has 6 nitrogen and oxygen atoms in total. The highest BCUT2D eigenvalue weighted by molar-refractivity contribution is 6.30. The molecule has 0 aliphatic rings. The quantitative estimate of drug-likeness (QED) is 0.299. The van der Waals surface area contributed by atoms with E-state index >= 15 is 0 Å². The normalized spacial score (nSPS) is 10.7. The van der Waals surface area contributed by atoms with Crippen molar-refractivity contribution in [3.8, 4) is 17.1 Å². The number of rotatable bonds is 6. The molecule has 0 aliphatic carbocycles. The van der Waals surface area contributed by atoms with Crippen LogP contribution in [0.3, 0.4) is 0 Å². The summed E-state index contributed by atoms with van der Waals surface area (Å²) in [7, 11) is 0. The van der Waals surface area contributed by atoms with Gasteiger partial charge in [-0.2, -0.15) is 0 Å². The number of ether oxygens (including phenoxy) is 1. The van der Waals surface area contributed by atoms with Crippen molar-refractivity contribution in [3.05, 3.63) is 100 Å². The number of hydrogen-bond donors (Lipinski definition) is 0. The number of nitrogens with zero attached hydrogens (tertiary/aromatic N) is 3. The Morgan fingerprint density at radius 1 is 0.969 bits per heavy atom. The molecule has 0 N–H and O–H groups in total. The first-order chi connectivity index (χ1) is 15.4. The minimum absolute atomic E-state index is 0.118. The highest BCUT2D eigenvalue weighted by Crippen LogP contribution is 2.24. The van der Waals surface area contributed by atoms with E-state index in [1.54, 1.807) is 28.9 Å². The summed E-state index contributed by atoms with van der Waals surface area (Å²) < 4.78 is 6.83. The molecule has 0 fully saturated rings. The van der Waals surface area contributed by atoms with E-state index in [0.717, 1.165) is 22.4 Å². The Bertz CT molecular complexity index is 1280. The SMILES string of the molecule is Cc1ccc(-n2nc(C(=O)OCC(=O)c3ccc(Cl)cc3)nc2-c2ccccc2)c(C)c1. The molecule has 0 radical (unpaired) electrons. The number of Topliss-reactive ketones (excluding diaryl/α,β-unsaturated/α-hetero) is 1. The number of ketones is 1. The van der Waals surface area contributed by atoms with Gasteiger partial charge in [0.1, 0.15) is 0 Å². The van der Waals surface area contributed by atoms with Crippen LogP contribution >= 0.6 is 11.6 Å². The lowest BCUT2D eigenvalue weighted by Gasteiger charge is -2.09. The van der Waals surface area contributed by atoms with Gasteiger partial charge in [0.05, 0.1) is 5.69 Å². The largest absolute Gasteiger partial charge is 0.451 e. The summed E-state index contributed by atoms with van der Waals surface area (Å²) in [6, 6.07) is 21.8. The molecule has 0 saturated carbocycles. The maximum atomic E-state index is 12.7. The predicted molar refractivity (Wildman–Crippen MR) is 122 cm³/mol. The number of aromatic nitrogens is 3. The van der Waals surface area contributed by atoms with Gasteiger partial charge >= 0.3 is 5.97 Å². The molecular weight excluding hydrogens is 426 g/mol. The Morgan fingerprint density at radius 2 is 1.69 bits per heavy atom. The molecule has 7 heteroatoms. The van der Waals surface area contributed by atoms with E-state index in [2.05, 4.69) is 10.1 Å². The van der Waals surface area contributed by atoms with E-state index in [4.69, 9.17) is 16.3 Å². The molecule has 0 unspecified atom stereocenters. The summed E-state index contributed by atoms with van der Waals surface area (Å²) in [5.74, 6) is -0.721. The van der Waals surface area contributed by atoms with Crippen LogP contribution in [-0.4, -0.2) is 33.1 Å². The van der Waals surface area contributed by atoms with Crippen LogP contribution < -0.4 is 0 Å². The van der Waals surface area contributed by atoms with Crippen molar-refractivity contribution in [2.75, 3.05) is 6.61 Å². The maximum absolute atomic E-state index is 12.7. The Morgan fingerprint density at radius 3 is 2.38 bits per heavy atom. The standard InChI is InChI=1S/C25H20ClN3O3/c1-16-8-13-21(17(2)14-16)29-24(19-6-4-3-5-7-19)27-23(28-29)25(31)32-15-22(30)18-9-11-20(26)12-10-18/h3-14H,15H2,1-2H3. The first-order valence-corrected chi connectivity index (χ1v) is 10.4. The monoisotopic (exact) mass is 445 g/mol. The second kappa shape index (κ2) is 9.16. The molecule has 0 spiro atoms. The number of hydrogen-bond acceptors (Lipinski definition) is 5. The van der Waals surface area contributed by atoms with E-state index < -0.39 is 12.6 Å². The summed E-state index contributed by atoms with van der Waals surface area (Å²) in [5, 5.41) is 4.93. The summed E-state index contributed by atoms with van der Waals surface area (Å²) >= 11 is 5.85. The zero-order valence-corrected chi connectivity index (χ0v) is 18.3. The fourth-order valence-electron chi connectivity index (χ4n) is 3.30. The zero-order valence-electron chi connectivity index (χ0n) is 17.6. The fraction of sp³-hybridized carbons (Fsp3) is 0.120. The van der Waals surface area contributed by atoms with Crippen LogP contribution in [-0.2, 0) is 4.74 Å². The van der Waals surface area contributed by atoms with Crippen LogP contribution in [0.2, 0.25) is 5.02 Å². The molecule has 4 aromatic rings. The van der Waals surface area contributed by atoms with Gasteiger partial charge in [0.15, 0.2) is 18.2 Å². The first kappa shape index (κ1) is 21.5. The number of benzene rings is 3. The van der Waals surface area contributed by atoms with Crippen molar-refractivity contribution in [2.45, 2.75) is 13.8 Å². The van der Waals surface area contributed by atoms with E-state index in [1.165, 1.54) is 0 Å². The minimum Gasteiger partial charge on any atom is -0.451 e. The molecule has 0 bridgehead atoms. The maximum Gasteiger partial charge on any atom is 0.378 e. The Hall–Kier alpha value is -3.77. The van der Waals surface area contributed by atoms with Crippen molar-refractivity contribution in [1.82, 2.24) is 14.8 Å². The number of aryl methyl sites for hydroxylation is 2. The van der Waals surface area contributed by atoms with Crippen LogP contribution in [0.5, 0.6) is 0 Å². The van der Waals surface area contributed by atoms with E-state index in [0.29, 0.717) is 16.4 Å². The number of esters is 1. The lowest BCUT2D eigenvalue weighted by molar-refractivity contribution is 0.0462. The molecule has 3 aromatic carbocycles. The molecule has 1 aromatic heterocycles. The summed E-state index contributed by atoms with van der Waals surface area (Å²) in [4.78, 5) is 29.4. The van der Waals surface area contributed by atoms with E-state index in [1.807, 2.05) is 62.4 Å². The predicted octanol–water partition coefficient (Wildman–Crippen LogP) is 5.24. The third-order valence-electron chi connectivity index (χ3n) is 4.90. The van der Waals surface area contributed by atoms with Gasteiger partial charge in [-0.3, -0.25) is 4.79 Å². The molecule has 4 rings (SSSR count). The summed E-state index contributed by atoms with van der Waals surface area (Å²) in [6.07, 6.45) is 0. The zero-order chi connectivity index (χ0) is 22.7. The molecule has 160 valence electrons. The van der Waals surface area contributed by atoms with E-state index in [9.17, 15) is 9.59 Å². The van der Waals surface area contributed by atoms with Gasteiger partial charge < -0.3 is 4.74 Å². The summed E-state index contributed by atoms with van der Waals surface area (Å²) in [6.45, 7) is 3.57. The van der Waals surface area contributed by atoms with Crippen molar-refractivity contribution in [2.24, 2.45) is 0 Å². The second-order valence-corrected chi connectivity index (χ2v) is 7.77. The van der Waals surface area contributed by atoms with Crippen molar-refractivity contribution >= 4 is 23.4 Å². The van der Waals surface area contributed by atoms with Crippen LogP contribution in [0, 0.1) is 13.8 Å². The van der Waals surface area contributed by atoms with Gasteiger partial charge in [-0.1, -0.05) is 59.6 Å². The molecule has 0 aliphatic heterocycles. The van der Waals surface area contributed by atoms with Gasteiger partial charge in [-0.25, -0.2) is 14.5 Å². The second-order valence-electron chi connectivity index (χ2n) is 7.33. The van der Waals surface area contributed by atoms with E-state index in [-0.39, 0.29) is 11.6 Å². The molecule has 0 amide bonds. The average molecular weight is 446 g/mol. The van der Waals surface area contributed by atoms with Crippen molar-refractivity contribution in [1.29, 1.82) is 0 Å². The highest BCUT2D eigenvalue weighted by Gasteiger charge is 2.21. The van der Waals surface area contributed by atoms with Crippen LogP contribution in [0.4, 0.5) is 0 Å². The van der Waals surface area contributed by atoms with Gasteiger partial charge in [0.2, 0.25) is 0 Å². The third kappa shape index (κ3) is 4.60. The average Bonchev–Trinajstić information content (AvgIpc) is 3.23. The number of carbonyl (C=O) groups is 2. The third-order valence-corrected chi connectivity index (χ3v) is 5.15. The fourth-order valence-corrected chi connectivity index (χ4v) is 3.42. The molecule has 0 atom stereocenters. The molecule has 1 heterocycles. The lowest BCUT2D eigenvalue weighted by Crippen LogP contribution is -2.15. The van der Waals surface area contributed by atoms with Gasteiger partial charge in [-0.15, -0.1) is 5.10 Å². The first-order valence-electron chi connectivity index (χ1n) is 9.98. The van der Waals surface area contributed by atoms with Crippen LogP contribution in [0.15, 0.2) is 72.8 Å². The highest BCUT2D eigenvalue weighted by atomic mass is 35.5. The summed E-state index contributed by atoms with van der Waals surface area (Å²) in [5.41, 5.74) is 4.12. The van der Waals surface area contributed by atoms with Gasteiger partial charge in [0, 0.05) is 16.1 Å². The Labute approximate surface area is 190 Å². The van der Waals surface area contributed by atoms with Crippen molar-refractivity contribution in [3.63, 3.8) is 0 Å². The topological polar surface area (TPSA) is 74.1 Å². The van der Waals surface area contributed by atoms with Crippen LogP contribution in [0.25, 0.3) is 17.1 Å². The van der Waals surface area contributed by atoms with Crippen LogP contribution in [0.1, 0.15) is 32.1 Å². The molecular formula is C25H20ClN3O3. The number of carbonyl (C=O) groups excluding carboxylic acids is 2. The van der Waals surface area contributed by atoms with Gasteiger partial charge in [-0.05, 0) is 49.7 Å². The Kier molecular flexibility index (Phi) is 6.14. The smallest absolute Gasteiger partial charge is 0.378 e. The molecule has 0 saturated heterocycles.